The molecule has 1 aliphatic heterocycles. The van der Waals surface area contributed by atoms with Crippen molar-refractivity contribution in [2.24, 2.45) is 0 Å². The summed E-state index contributed by atoms with van der Waals surface area (Å²) in [6, 6.07) is 6.98. The Balaban J connectivity index is 1.67. The molecule has 0 aliphatic carbocycles. The van der Waals surface area contributed by atoms with Crippen molar-refractivity contribution >= 4 is 23.5 Å². The fourth-order valence-corrected chi connectivity index (χ4v) is 3.09. The highest BCUT2D eigenvalue weighted by molar-refractivity contribution is 6.31. The number of nitrogens with zero attached hydrogens (tertiary/aromatic N) is 3. The number of anilines is 1. The lowest BCUT2D eigenvalue weighted by atomic mass is 10.1. The molecule has 126 valence electrons. The molecule has 2 heterocycles. The fourth-order valence-electron chi connectivity index (χ4n) is 2.91. The van der Waals surface area contributed by atoms with Gasteiger partial charge in [0.2, 0.25) is 5.95 Å². The summed E-state index contributed by atoms with van der Waals surface area (Å²) in [5.41, 5.74) is 0.436. The quantitative estimate of drug-likeness (QED) is 0.901. The maximum absolute atomic E-state index is 12.5. The first-order valence-corrected chi connectivity index (χ1v) is 8.22. The van der Waals surface area contributed by atoms with Gasteiger partial charge in [-0.2, -0.15) is 0 Å². The van der Waals surface area contributed by atoms with E-state index in [1.807, 2.05) is 0 Å². The van der Waals surface area contributed by atoms with Gasteiger partial charge in [0.05, 0.1) is 12.7 Å². The zero-order chi connectivity index (χ0) is 16.9. The summed E-state index contributed by atoms with van der Waals surface area (Å²) in [6.07, 6.45) is 5.50. The van der Waals surface area contributed by atoms with Gasteiger partial charge in [-0.25, -0.2) is 9.97 Å². The third kappa shape index (κ3) is 3.59. The lowest BCUT2D eigenvalue weighted by Gasteiger charge is -2.24. The molecule has 1 aromatic heterocycles. The monoisotopic (exact) mass is 346 g/mol. The van der Waals surface area contributed by atoms with Gasteiger partial charge in [0.15, 0.2) is 0 Å². The van der Waals surface area contributed by atoms with Crippen LogP contribution in [0.2, 0.25) is 5.02 Å². The summed E-state index contributed by atoms with van der Waals surface area (Å²) in [5, 5.41) is 3.47. The lowest BCUT2D eigenvalue weighted by molar-refractivity contribution is 0.0948. The van der Waals surface area contributed by atoms with Crippen LogP contribution in [0.5, 0.6) is 5.75 Å². The first-order valence-electron chi connectivity index (χ1n) is 7.84. The lowest BCUT2D eigenvalue weighted by Crippen LogP contribution is -2.41. The van der Waals surface area contributed by atoms with Gasteiger partial charge in [0.1, 0.15) is 5.75 Å². The molecule has 1 aliphatic rings. The molecule has 1 aromatic carbocycles. The minimum absolute atomic E-state index is 0.182. The minimum atomic E-state index is -0.199. The SMILES string of the molecule is COc1ccc(Cl)cc1C(=O)NCC1CCCN1c1ncccn1. The van der Waals surface area contributed by atoms with Crippen LogP contribution in [0.4, 0.5) is 5.95 Å². The molecule has 1 fully saturated rings. The number of benzene rings is 1. The Morgan fingerprint density at radius 3 is 2.96 bits per heavy atom. The second-order valence-electron chi connectivity index (χ2n) is 5.59. The van der Waals surface area contributed by atoms with Gasteiger partial charge in [0, 0.05) is 36.5 Å². The fraction of sp³-hybridized carbons (Fsp3) is 0.353. The van der Waals surface area contributed by atoms with E-state index >= 15 is 0 Å². The molecule has 2 aromatic rings. The molecule has 1 N–H and O–H groups in total. The minimum Gasteiger partial charge on any atom is -0.496 e. The molecule has 0 radical (unpaired) electrons. The Labute approximate surface area is 145 Å². The third-order valence-corrected chi connectivity index (χ3v) is 4.33. The number of methoxy groups -OCH3 is 1. The van der Waals surface area contributed by atoms with Crippen LogP contribution in [-0.2, 0) is 0 Å². The van der Waals surface area contributed by atoms with Crippen molar-refractivity contribution in [1.29, 1.82) is 0 Å². The van der Waals surface area contributed by atoms with Crippen molar-refractivity contribution in [3.05, 3.63) is 47.2 Å². The zero-order valence-corrected chi connectivity index (χ0v) is 14.2. The first-order chi connectivity index (χ1) is 11.7. The van der Waals surface area contributed by atoms with E-state index in [2.05, 4.69) is 20.2 Å². The summed E-state index contributed by atoms with van der Waals surface area (Å²) < 4.78 is 5.23. The summed E-state index contributed by atoms with van der Waals surface area (Å²) >= 11 is 5.99. The molecule has 6 nitrogen and oxygen atoms in total. The molecule has 1 atom stereocenters. The van der Waals surface area contributed by atoms with Crippen LogP contribution in [0.15, 0.2) is 36.7 Å². The zero-order valence-electron chi connectivity index (χ0n) is 13.4. The summed E-state index contributed by atoms with van der Waals surface area (Å²) in [5.74, 6) is 1.01. The van der Waals surface area contributed by atoms with E-state index in [0.717, 1.165) is 19.4 Å². The van der Waals surface area contributed by atoms with Crippen LogP contribution in [0.25, 0.3) is 0 Å². The topological polar surface area (TPSA) is 67.3 Å². The number of rotatable bonds is 5. The summed E-state index contributed by atoms with van der Waals surface area (Å²) in [7, 11) is 1.53. The van der Waals surface area contributed by atoms with E-state index in [1.165, 1.54) is 7.11 Å². The predicted molar refractivity (Wildman–Crippen MR) is 92.7 cm³/mol. The molecule has 0 bridgehead atoms. The number of aromatic nitrogens is 2. The summed E-state index contributed by atoms with van der Waals surface area (Å²) in [4.78, 5) is 23.2. The van der Waals surface area contributed by atoms with Crippen LogP contribution < -0.4 is 15.0 Å². The number of hydrogen-bond acceptors (Lipinski definition) is 5. The smallest absolute Gasteiger partial charge is 0.255 e. The van der Waals surface area contributed by atoms with Crippen molar-refractivity contribution in [3.63, 3.8) is 0 Å². The maximum atomic E-state index is 12.5. The van der Waals surface area contributed by atoms with Gasteiger partial charge in [-0.15, -0.1) is 0 Å². The number of carbonyl (C=O) groups is 1. The Bertz CT molecular complexity index is 711. The highest BCUT2D eigenvalue weighted by Crippen LogP contribution is 2.24. The molecule has 1 unspecified atom stereocenters. The van der Waals surface area contributed by atoms with Gasteiger partial charge in [-0.1, -0.05) is 11.6 Å². The van der Waals surface area contributed by atoms with Crippen molar-refractivity contribution < 1.29 is 9.53 Å². The van der Waals surface area contributed by atoms with E-state index < -0.39 is 0 Å². The average Bonchev–Trinajstić information content (AvgIpc) is 3.09. The van der Waals surface area contributed by atoms with Crippen LogP contribution in [0.1, 0.15) is 23.2 Å². The first kappa shape index (κ1) is 16.5. The number of halogens is 1. The van der Waals surface area contributed by atoms with Crippen molar-refractivity contribution in [2.45, 2.75) is 18.9 Å². The van der Waals surface area contributed by atoms with Crippen LogP contribution in [0, 0.1) is 0 Å². The van der Waals surface area contributed by atoms with Gasteiger partial charge >= 0.3 is 0 Å². The van der Waals surface area contributed by atoms with Gasteiger partial charge in [0.25, 0.3) is 5.91 Å². The Hall–Kier alpha value is -2.34. The van der Waals surface area contributed by atoms with Crippen molar-refractivity contribution in [1.82, 2.24) is 15.3 Å². The number of ether oxygens (including phenoxy) is 1. The predicted octanol–water partition coefficient (Wildman–Crippen LogP) is 2.54. The van der Waals surface area contributed by atoms with Crippen LogP contribution in [-0.4, -0.2) is 42.1 Å². The Morgan fingerprint density at radius 1 is 1.42 bits per heavy atom. The van der Waals surface area contributed by atoms with Crippen molar-refractivity contribution in [2.75, 3.05) is 25.1 Å². The Kier molecular flexibility index (Phi) is 5.15. The number of hydrogen-bond donors (Lipinski definition) is 1. The van der Waals surface area contributed by atoms with Crippen molar-refractivity contribution in [3.8, 4) is 5.75 Å². The third-order valence-electron chi connectivity index (χ3n) is 4.09. The highest BCUT2D eigenvalue weighted by Gasteiger charge is 2.27. The molecule has 1 amide bonds. The molecule has 0 saturated carbocycles. The van der Waals surface area contributed by atoms with E-state index in [-0.39, 0.29) is 11.9 Å². The molecular weight excluding hydrogens is 328 g/mol. The van der Waals surface area contributed by atoms with Gasteiger partial charge in [-0.3, -0.25) is 4.79 Å². The Morgan fingerprint density at radius 2 is 2.21 bits per heavy atom. The van der Waals surface area contributed by atoms with Gasteiger partial charge in [-0.05, 0) is 37.1 Å². The second-order valence-corrected chi connectivity index (χ2v) is 6.03. The second kappa shape index (κ2) is 7.49. The molecule has 24 heavy (non-hydrogen) atoms. The molecule has 0 spiro atoms. The van der Waals surface area contributed by atoms with E-state index in [1.54, 1.807) is 36.7 Å². The van der Waals surface area contributed by atoms with E-state index in [4.69, 9.17) is 16.3 Å². The number of nitrogens with one attached hydrogen (secondary N) is 1. The van der Waals surface area contributed by atoms with E-state index in [9.17, 15) is 4.79 Å². The molecule has 1 saturated heterocycles. The average molecular weight is 347 g/mol. The van der Waals surface area contributed by atoms with E-state index in [0.29, 0.717) is 28.8 Å². The largest absolute Gasteiger partial charge is 0.496 e. The molecule has 7 heteroatoms. The summed E-state index contributed by atoms with van der Waals surface area (Å²) in [6.45, 7) is 1.41. The standard InChI is InChI=1S/C17H19ClN4O2/c1-24-15-6-5-12(18)10-14(15)16(23)21-11-13-4-2-9-22(13)17-19-7-3-8-20-17/h3,5-8,10,13H,2,4,9,11H2,1H3,(H,21,23). The molecule has 3 rings (SSSR count). The highest BCUT2D eigenvalue weighted by atomic mass is 35.5. The maximum Gasteiger partial charge on any atom is 0.255 e. The normalized spacial score (nSPS) is 16.9. The van der Waals surface area contributed by atoms with Gasteiger partial charge < -0.3 is 15.0 Å². The number of amides is 1. The number of carbonyl (C=O) groups excluding carboxylic acids is 1. The molecular formula is C17H19ClN4O2. The van der Waals surface area contributed by atoms with Crippen LogP contribution >= 0.6 is 11.6 Å². The van der Waals surface area contributed by atoms with Crippen LogP contribution in [0.3, 0.4) is 0 Å².